The highest BCUT2D eigenvalue weighted by molar-refractivity contribution is 7.98. The molecule has 0 aliphatic carbocycles. The lowest BCUT2D eigenvalue weighted by Crippen LogP contribution is -2.30. The number of pyridine rings is 2. The molecule has 8 aromatic rings. The van der Waals surface area contributed by atoms with Crippen LogP contribution in [0.25, 0.3) is 32.6 Å². The highest BCUT2D eigenvalue weighted by Gasteiger charge is 2.38. The fraction of sp³-hybridized carbons (Fsp3) is 0.174. The van der Waals surface area contributed by atoms with Crippen LogP contribution in [0, 0.1) is 0 Å². The second kappa shape index (κ2) is 11.2. The van der Waals surface area contributed by atoms with Gasteiger partial charge in [0.05, 0.1) is 33.8 Å². The van der Waals surface area contributed by atoms with Gasteiger partial charge in [-0.3, -0.25) is 9.97 Å². The van der Waals surface area contributed by atoms with E-state index in [4.69, 9.17) is 9.97 Å². The fourth-order valence-electron chi connectivity index (χ4n) is 8.96. The van der Waals surface area contributed by atoms with Gasteiger partial charge >= 0.3 is 0 Å². The Morgan fingerprint density at radius 2 is 0.865 bits per heavy atom. The first-order valence-electron chi connectivity index (χ1n) is 17.8. The number of aromatic nitrogens is 2. The van der Waals surface area contributed by atoms with Crippen molar-refractivity contribution in [2.75, 3.05) is 22.3 Å². The molecule has 0 unspecified atom stereocenters. The number of hydrogen-bond acceptors (Lipinski definition) is 6. The summed E-state index contributed by atoms with van der Waals surface area (Å²) in [5, 5.41) is 4.50. The van der Waals surface area contributed by atoms with E-state index in [1.165, 1.54) is 54.8 Å². The summed E-state index contributed by atoms with van der Waals surface area (Å²) in [6.07, 6.45) is 8.39. The largest absolute Gasteiger partial charge is 0.310 e. The predicted molar refractivity (Wildman–Crippen MR) is 223 cm³/mol. The maximum atomic E-state index is 5.19. The van der Waals surface area contributed by atoms with Crippen LogP contribution in [0.15, 0.2) is 131 Å². The summed E-state index contributed by atoms with van der Waals surface area (Å²) >= 11 is 3.56. The molecule has 0 fully saturated rings. The smallest absolute Gasteiger partial charge is 0.0736 e. The lowest BCUT2D eigenvalue weighted by atomic mass is 9.73. The van der Waals surface area contributed by atoms with Crippen molar-refractivity contribution in [3.8, 4) is 0 Å². The van der Waals surface area contributed by atoms with E-state index < -0.39 is 0 Å². The molecule has 2 aromatic heterocycles. The van der Waals surface area contributed by atoms with Crippen LogP contribution in [-0.4, -0.2) is 22.5 Å². The van der Waals surface area contributed by atoms with Gasteiger partial charge in [-0.15, -0.1) is 23.5 Å². The Kier molecular flexibility index (Phi) is 6.84. The first-order valence-corrected chi connectivity index (χ1v) is 20.2. The molecule has 10 rings (SSSR count). The van der Waals surface area contributed by atoms with Gasteiger partial charge in [0.25, 0.3) is 0 Å². The Morgan fingerprint density at radius 1 is 0.462 bits per heavy atom. The molecule has 0 spiro atoms. The third kappa shape index (κ3) is 4.37. The summed E-state index contributed by atoms with van der Waals surface area (Å²) < 4.78 is 0. The van der Waals surface area contributed by atoms with Crippen LogP contribution in [0.4, 0.5) is 34.1 Å². The molecule has 2 aliphatic rings. The van der Waals surface area contributed by atoms with Gasteiger partial charge in [0.15, 0.2) is 0 Å². The van der Waals surface area contributed by atoms with E-state index in [0.29, 0.717) is 0 Å². The Bertz CT molecular complexity index is 2500. The van der Waals surface area contributed by atoms with E-state index in [2.05, 4.69) is 159 Å². The highest BCUT2D eigenvalue weighted by atomic mass is 32.2. The van der Waals surface area contributed by atoms with Gasteiger partial charge in [-0.1, -0.05) is 76.2 Å². The van der Waals surface area contributed by atoms with Crippen molar-refractivity contribution in [3.63, 3.8) is 0 Å². The summed E-state index contributed by atoms with van der Waals surface area (Å²) in [6, 6.07) is 40.6. The number of anilines is 6. The van der Waals surface area contributed by atoms with E-state index in [1.54, 1.807) is 23.5 Å². The van der Waals surface area contributed by atoms with Crippen LogP contribution >= 0.6 is 23.5 Å². The maximum absolute atomic E-state index is 5.19. The zero-order valence-corrected chi connectivity index (χ0v) is 31.8. The van der Waals surface area contributed by atoms with E-state index in [0.717, 1.165) is 44.0 Å². The van der Waals surface area contributed by atoms with Crippen LogP contribution in [0.1, 0.15) is 49.9 Å². The molecule has 254 valence electrons. The molecule has 0 radical (unpaired) electrons. The van der Waals surface area contributed by atoms with Crippen LogP contribution in [0.3, 0.4) is 0 Å². The summed E-state index contributed by atoms with van der Waals surface area (Å²) in [6.45, 7) is 9.35. The zero-order chi connectivity index (χ0) is 35.5. The van der Waals surface area contributed by atoms with Crippen LogP contribution < -0.4 is 9.80 Å². The summed E-state index contributed by atoms with van der Waals surface area (Å²) in [7, 11) is 0. The minimum absolute atomic E-state index is 0.130. The molecule has 0 amide bonds. The second-order valence-corrected chi connectivity index (χ2v) is 16.9. The quantitative estimate of drug-likeness (QED) is 0.134. The first-order chi connectivity index (χ1) is 25.2. The van der Waals surface area contributed by atoms with Gasteiger partial charge in [-0.2, -0.15) is 0 Å². The normalized spacial score (nSPS) is 15.5. The number of benzene rings is 6. The molecule has 4 nitrogen and oxygen atoms in total. The highest BCUT2D eigenvalue weighted by Crippen LogP contribution is 2.55. The van der Waals surface area contributed by atoms with E-state index in [9.17, 15) is 0 Å². The number of rotatable bonds is 4. The average Bonchev–Trinajstić information content (AvgIpc) is 3.16. The number of para-hydroxylation sites is 2. The first kappa shape index (κ1) is 31.7. The molecule has 0 saturated heterocycles. The number of thioether (sulfide) groups is 2. The maximum Gasteiger partial charge on any atom is 0.0736 e. The molecule has 2 aliphatic heterocycles. The van der Waals surface area contributed by atoms with Crippen LogP contribution in [0.5, 0.6) is 0 Å². The molecule has 6 heteroatoms. The number of fused-ring (bicyclic) bond motifs is 4. The third-order valence-electron chi connectivity index (χ3n) is 11.6. The van der Waals surface area contributed by atoms with Crippen LogP contribution in [-0.2, 0) is 10.8 Å². The molecular weight excluding hydrogens is 673 g/mol. The number of hydrogen-bond donors (Lipinski definition) is 0. The van der Waals surface area contributed by atoms with Gasteiger partial charge in [0.1, 0.15) is 0 Å². The van der Waals surface area contributed by atoms with Gasteiger partial charge in [0.2, 0.25) is 0 Å². The molecular formula is C46H38N4S2. The monoisotopic (exact) mass is 710 g/mol. The summed E-state index contributed by atoms with van der Waals surface area (Å²) in [4.78, 5) is 17.7. The van der Waals surface area contributed by atoms with Gasteiger partial charge < -0.3 is 9.80 Å². The van der Waals surface area contributed by atoms with Crippen LogP contribution in [0.2, 0.25) is 0 Å². The Labute approximate surface area is 313 Å². The molecule has 6 aromatic carbocycles. The van der Waals surface area contributed by atoms with Crippen molar-refractivity contribution < 1.29 is 0 Å². The van der Waals surface area contributed by atoms with E-state index in [1.807, 2.05) is 12.4 Å². The van der Waals surface area contributed by atoms with Crippen molar-refractivity contribution in [2.45, 2.75) is 48.3 Å². The van der Waals surface area contributed by atoms with Crippen molar-refractivity contribution in [1.29, 1.82) is 0 Å². The van der Waals surface area contributed by atoms with Gasteiger partial charge in [-0.05, 0) is 95.4 Å². The van der Waals surface area contributed by atoms with Crippen molar-refractivity contribution in [3.05, 3.63) is 144 Å². The third-order valence-corrected chi connectivity index (χ3v) is 13.0. The average molecular weight is 711 g/mol. The molecule has 52 heavy (non-hydrogen) atoms. The topological polar surface area (TPSA) is 32.3 Å². The van der Waals surface area contributed by atoms with Gasteiger partial charge in [-0.25, -0.2) is 0 Å². The Balaban J connectivity index is 1.17. The summed E-state index contributed by atoms with van der Waals surface area (Å²) in [5.74, 6) is 0. The van der Waals surface area contributed by atoms with E-state index >= 15 is 0 Å². The van der Waals surface area contributed by atoms with Gasteiger partial charge in [0, 0.05) is 65.9 Å². The predicted octanol–water partition coefficient (Wildman–Crippen LogP) is 13.0. The van der Waals surface area contributed by atoms with E-state index in [-0.39, 0.29) is 10.8 Å². The zero-order valence-electron chi connectivity index (χ0n) is 30.2. The lowest BCUT2D eigenvalue weighted by molar-refractivity contribution is 0.631. The molecule has 0 N–H and O–H groups in total. The molecule has 0 saturated carbocycles. The van der Waals surface area contributed by atoms with Crippen molar-refractivity contribution in [2.24, 2.45) is 0 Å². The fourth-order valence-corrected chi connectivity index (χ4v) is 9.83. The SMILES string of the molecule is CSc1ccc2c(c1)N(c1cc3cnc4cc(N5c6ccccc6C(C)(C)c6ccc(SC)cc65)cc5cnc(c1)c3c54)c1ccccc1C2(C)C. The Morgan fingerprint density at radius 3 is 1.29 bits per heavy atom. The standard InChI is InChI=1S/C46H38N4S2/c1-45(2)33-11-7-9-13-39(33)49(41-23-31(51-5)15-17-35(41)45)29-19-27-25-48-38-22-30(20-28-26-47-37(21-29)43(27)44(28)38)50-40-14-10-8-12-34(40)46(3,4)36-18-16-32(52-6)24-42(36)50/h7-26H,1-6H3. The number of nitrogens with zero attached hydrogens (tertiary/aromatic N) is 4. The minimum Gasteiger partial charge on any atom is -0.310 e. The van der Waals surface area contributed by atoms with Crippen molar-refractivity contribution >= 4 is 90.2 Å². The van der Waals surface area contributed by atoms with Crippen molar-refractivity contribution in [1.82, 2.24) is 9.97 Å². The molecule has 0 atom stereocenters. The lowest BCUT2D eigenvalue weighted by Gasteiger charge is -2.42. The minimum atomic E-state index is -0.130. The summed E-state index contributed by atoms with van der Waals surface area (Å²) in [5.41, 5.74) is 14.0. The molecule has 4 heterocycles. The Hall–Kier alpha value is -5.04. The molecule has 0 bridgehead atoms. The second-order valence-electron chi connectivity index (χ2n) is 15.1.